The Morgan fingerprint density at radius 3 is 2.77 bits per heavy atom. The van der Waals surface area contributed by atoms with Crippen molar-refractivity contribution >= 4 is 29.4 Å². The lowest BCUT2D eigenvalue weighted by atomic mass is 10.2. The van der Waals surface area contributed by atoms with Crippen molar-refractivity contribution in [1.29, 1.82) is 0 Å². The molecule has 2 aromatic rings. The molecule has 0 aromatic heterocycles. The second-order valence-corrected chi connectivity index (χ2v) is 5.38. The number of amides is 1. The van der Waals surface area contributed by atoms with Crippen molar-refractivity contribution in [3.63, 3.8) is 0 Å². The van der Waals surface area contributed by atoms with Crippen LogP contribution in [0.1, 0.15) is 16.7 Å². The predicted molar refractivity (Wildman–Crippen MR) is 91.6 cm³/mol. The minimum absolute atomic E-state index is 0.131. The number of carbonyl (C=O) groups is 1. The first kappa shape index (κ1) is 16.0. The van der Waals surface area contributed by atoms with Gasteiger partial charge in [0.15, 0.2) is 0 Å². The van der Waals surface area contributed by atoms with Gasteiger partial charge in [0, 0.05) is 10.7 Å². The highest BCUT2D eigenvalue weighted by molar-refractivity contribution is 6.31. The van der Waals surface area contributed by atoms with Crippen molar-refractivity contribution in [2.75, 3.05) is 11.9 Å². The Kier molecular flexibility index (Phi) is 5.55. The summed E-state index contributed by atoms with van der Waals surface area (Å²) < 4.78 is 0. The van der Waals surface area contributed by atoms with Gasteiger partial charge in [-0.25, -0.2) is 5.43 Å². The van der Waals surface area contributed by atoms with Gasteiger partial charge in [-0.1, -0.05) is 47.5 Å². The smallest absolute Gasteiger partial charge is 0.259 e. The Balaban J connectivity index is 1.84. The Morgan fingerprint density at radius 1 is 1.23 bits per heavy atom. The molecule has 114 valence electrons. The van der Waals surface area contributed by atoms with Crippen LogP contribution in [0.3, 0.4) is 0 Å². The van der Waals surface area contributed by atoms with Gasteiger partial charge in [-0.15, -0.1) is 0 Å². The summed E-state index contributed by atoms with van der Waals surface area (Å²) in [6.07, 6.45) is 1.62. The molecule has 0 heterocycles. The lowest BCUT2D eigenvalue weighted by molar-refractivity contribution is -0.119. The van der Waals surface area contributed by atoms with E-state index in [0.717, 1.165) is 22.4 Å². The molecular formula is C17H18ClN3O. The maximum absolute atomic E-state index is 11.7. The zero-order valence-electron chi connectivity index (χ0n) is 12.6. The molecule has 22 heavy (non-hydrogen) atoms. The molecule has 4 nitrogen and oxygen atoms in total. The van der Waals surface area contributed by atoms with Gasteiger partial charge in [0.2, 0.25) is 0 Å². The number of benzene rings is 2. The molecule has 0 aliphatic heterocycles. The number of anilines is 1. The number of halogens is 1. The average molecular weight is 316 g/mol. The Bertz CT molecular complexity index is 698. The van der Waals surface area contributed by atoms with Gasteiger partial charge in [0.25, 0.3) is 5.91 Å². The fourth-order valence-electron chi connectivity index (χ4n) is 1.94. The highest BCUT2D eigenvalue weighted by Gasteiger charge is 2.04. The number of nitrogens with one attached hydrogen (secondary N) is 2. The van der Waals surface area contributed by atoms with E-state index >= 15 is 0 Å². The summed E-state index contributed by atoms with van der Waals surface area (Å²) in [7, 11) is 0. The maximum atomic E-state index is 11.7. The molecule has 0 aliphatic carbocycles. The third kappa shape index (κ3) is 4.60. The van der Waals surface area contributed by atoms with Gasteiger partial charge < -0.3 is 5.32 Å². The van der Waals surface area contributed by atoms with Gasteiger partial charge in [-0.05, 0) is 37.1 Å². The molecule has 0 fully saturated rings. The molecule has 0 atom stereocenters. The van der Waals surface area contributed by atoms with Gasteiger partial charge in [0.05, 0.1) is 12.8 Å². The summed E-state index contributed by atoms with van der Waals surface area (Å²) >= 11 is 6.03. The molecule has 0 bridgehead atoms. The number of carbonyl (C=O) groups excluding carboxylic acids is 1. The predicted octanol–water partition coefficient (Wildman–Crippen LogP) is 3.52. The maximum Gasteiger partial charge on any atom is 0.259 e. The van der Waals surface area contributed by atoms with Crippen LogP contribution in [0.15, 0.2) is 47.6 Å². The summed E-state index contributed by atoms with van der Waals surface area (Å²) in [5, 5.41) is 7.65. The normalized spacial score (nSPS) is 10.7. The van der Waals surface area contributed by atoms with Gasteiger partial charge >= 0.3 is 0 Å². The van der Waals surface area contributed by atoms with E-state index in [4.69, 9.17) is 11.6 Å². The summed E-state index contributed by atoms with van der Waals surface area (Å²) in [4.78, 5) is 11.7. The van der Waals surface area contributed by atoms with Crippen molar-refractivity contribution in [1.82, 2.24) is 5.43 Å². The third-order valence-corrected chi connectivity index (χ3v) is 3.56. The van der Waals surface area contributed by atoms with E-state index in [0.29, 0.717) is 5.02 Å². The van der Waals surface area contributed by atoms with E-state index < -0.39 is 0 Å². The van der Waals surface area contributed by atoms with Crippen LogP contribution >= 0.6 is 11.6 Å². The molecular weight excluding hydrogens is 298 g/mol. The fraction of sp³-hybridized carbons (Fsp3) is 0.176. The van der Waals surface area contributed by atoms with Crippen LogP contribution in [-0.2, 0) is 4.79 Å². The lowest BCUT2D eigenvalue weighted by Crippen LogP contribution is -2.26. The molecule has 2 aromatic carbocycles. The zero-order chi connectivity index (χ0) is 15.9. The number of hydrazone groups is 1. The first-order valence-electron chi connectivity index (χ1n) is 6.94. The number of rotatable bonds is 5. The summed E-state index contributed by atoms with van der Waals surface area (Å²) in [5.41, 5.74) is 6.34. The van der Waals surface area contributed by atoms with Crippen LogP contribution < -0.4 is 10.7 Å². The molecule has 0 spiro atoms. The second-order valence-electron chi connectivity index (χ2n) is 4.97. The molecule has 2 N–H and O–H groups in total. The van der Waals surface area contributed by atoms with Crippen molar-refractivity contribution in [2.45, 2.75) is 13.8 Å². The SMILES string of the molecule is Cc1cccc(/C=N\NC(=O)CNc2cccc(Cl)c2C)c1. The van der Waals surface area contributed by atoms with Crippen LogP contribution in [0.4, 0.5) is 5.69 Å². The van der Waals surface area contributed by atoms with E-state index in [1.165, 1.54) is 0 Å². The molecule has 1 amide bonds. The number of aryl methyl sites for hydroxylation is 1. The second kappa shape index (κ2) is 7.61. The van der Waals surface area contributed by atoms with Gasteiger partial charge in [-0.2, -0.15) is 5.10 Å². The molecule has 0 aliphatic rings. The van der Waals surface area contributed by atoms with E-state index in [-0.39, 0.29) is 12.5 Å². The van der Waals surface area contributed by atoms with Crippen LogP contribution in [-0.4, -0.2) is 18.7 Å². The first-order valence-corrected chi connectivity index (χ1v) is 7.31. The quantitative estimate of drug-likeness (QED) is 0.655. The Hall–Kier alpha value is -2.33. The molecule has 5 heteroatoms. The van der Waals surface area contributed by atoms with Gasteiger partial charge in [0.1, 0.15) is 0 Å². The van der Waals surface area contributed by atoms with E-state index in [9.17, 15) is 4.79 Å². The number of hydrogen-bond donors (Lipinski definition) is 2. The minimum Gasteiger partial charge on any atom is -0.376 e. The van der Waals surface area contributed by atoms with Gasteiger partial charge in [-0.3, -0.25) is 4.79 Å². The van der Waals surface area contributed by atoms with Crippen molar-refractivity contribution in [3.8, 4) is 0 Å². The van der Waals surface area contributed by atoms with E-state index in [1.807, 2.05) is 56.3 Å². The molecule has 2 rings (SSSR count). The zero-order valence-corrected chi connectivity index (χ0v) is 13.3. The molecule has 0 unspecified atom stereocenters. The summed E-state index contributed by atoms with van der Waals surface area (Å²) in [6, 6.07) is 13.4. The van der Waals surface area contributed by atoms with Crippen molar-refractivity contribution in [3.05, 3.63) is 64.2 Å². The van der Waals surface area contributed by atoms with Crippen molar-refractivity contribution < 1.29 is 4.79 Å². The van der Waals surface area contributed by atoms with E-state index in [1.54, 1.807) is 6.21 Å². The number of nitrogens with zero attached hydrogens (tertiary/aromatic N) is 1. The van der Waals surface area contributed by atoms with Crippen molar-refractivity contribution in [2.24, 2.45) is 5.10 Å². The third-order valence-electron chi connectivity index (χ3n) is 3.15. The Labute approximate surface area is 135 Å². The topological polar surface area (TPSA) is 53.5 Å². The minimum atomic E-state index is -0.219. The number of hydrogen-bond acceptors (Lipinski definition) is 3. The van der Waals surface area contributed by atoms with Crippen LogP contribution in [0.25, 0.3) is 0 Å². The monoisotopic (exact) mass is 315 g/mol. The van der Waals surface area contributed by atoms with E-state index in [2.05, 4.69) is 15.8 Å². The van der Waals surface area contributed by atoms with Crippen LogP contribution in [0, 0.1) is 13.8 Å². The average Bonchev–Trinajstić information content (AvgIpc) is 2.49. The molecule has 0 radical (unpaired) electrons. The largest absolute Gasteiger partial charge is 0.376 e. The summed E-state index contributed by atoms with van der Waals surface area (Å²) in [5.74, 6) is -0.219. The standard InChI is InChI=1S/C17H18ClN3O/c1-12-5-3-6-14(9-12)10-20-21-17(22)11-19-16-8-4-7-15(18)13(16)2/h3-10,19H,11H2,1-2H3,(H,21,22)/b20-10-. The highest BCUT2D eigenvalue weighted by atomic mass is 35.5. The fourth-order valence-corrected chi connectivity index (χ4v) is 2.12. The van der Waals surface area contributed by atoms with Crippen LogP contribution in [0.2, 0.25) is 5.02 Å². The highest BCUT2D eigenvalue weighted by Crippen LogP contribution is 2.22. The molecule has 0 saturated carbocycles. The summed E-state index contributed by atoms with van der Waals surface area (Å²) in [6.45, 7) is 4.04. The molecule has 0 saturated heterocycles. The van der Waals surface area contributed by atoms with Crippen LogP contribution in [0.5, 0.6) is 0 Å². The Morgan fingerprint density at radius 2 is 2.00 bits per heavy atom. The first-order chi connectivity index (χ1) is 10.6. The lowest BCUT2D eigenvalue weighted by Gasteiger charge is -2.09.